The van der Waals surface area contributed by atoms with Crippen LogP contribution in [0.25, 0.3) is 0 Å². The van der Waals surface area contributed by atoms with Crippen LogP contribution in [0, 0.1) is 23.7 Å². The second-order valence-corrected chi connectivity index (χ2v) is 5.14. The Labute approximate surface area is 87.4 Å². The first kappa shape index (κ1) is 10.4. The number of nitrogens with one attached hydrogen (secondary N) is 1. The summed E-state index contributed by atoms with van der Waals surface area (Å²) in [7, 11) is 0. The molecule has 2 aliphatic rings. The van der Waals surface area contributed by atoms with Gasteiger partial charge < -0.3 is 10.1 Å². The minimum absolute atomic E-state index is 0.798. The van der Waals surface area contributed by atoms with Crippen LogP contribution in [0.15, 0.2) is 0 Å². The van der Waals surface area contributed by atoms with E-state index in [1.165, 1.54) is 25.9 Å². The van der Waals surface area contributed by atoms with Crippen LogP contribution in [0.5, 0.6) is 0 Å². The van der Waals surface area contributed by atoms with Gasteiger partial charge in [0.25, 0.3) is 0 Å². The van der Waals surface area contributed by atoms with Gasteiger partial charge in [-0.05, 0) is 49.6 Å². The molecule has 2 heteroatoms. The second-order valence-electron chi connectivity index (χ2n) is 5.14. The van der Waals surface area contributed by atoms with Gasteiger partial charge in [0.05, 0.1) is 0 Å². The molecule has 2 unspecified atom stereocenters. The zero-order valence-electron chi connectivity index (χ0n) is 9.46. The van der Waals surface area contributed by atoms with Gasteiger partial charge in [-0.2, -0.15) is 0 Å². The Morgan fingerprint density at radius 2 is 1.86 bits per heavy atom. The number of piperidine rings is 1. The summed E-state index contributed by atoms with van der Waals surface area (Å²) < 4.78 is 5.63. The largest absolute Gasteiger partial charge is 0.381 e. The predicted octanol–water partition coefficient (Wildman–Crippen LogP) is 1.90. The molecule has 0 bridgehead atoms. The van der Waals surface area contributed by atoms with Crippen LogP contribution in [0.3, 0.4) is 0 Å². The number of hydrogen-bond acceptors (Lipinski definition) is 2. The maximum Gasteiger partial charge on any atom is 0.0500 e. The quantitative estimate of drug-likeness (QED) is 0.693. The average molecular weight is 197 g/mol. The zero-order chi connectivity index (χ0) is 9.97. The molecule has 4 atom stereocenters. The lowest BCUT2D eigenvalue weighted by atomic mass is 9.72. The molecule has 2 nitrogen and oxygen atoms in total. The summed E-state index contributed by atoms with van der Waals surface area (Å²) in [5.41, 5.74) is 0. The molecule has 0 amide bonds. The molecule has 0 radical (unpaired) electrons. The fourth-order valence-corrected chi connectivity index (χ4v) is 3.00. The summed E-state index contributed by atoms with van der Waals surface area (Å²) >= 11 is 0. The van der Waals surface area contributed by atoms with E-state index in [-0.39, 0.29) is 0 Å². The van der Waals surface area contributed by atoms with E-state index in [0.29, 0.717) is 0 Å². The Kier molecular flexibility index (Phi) is 3.45. The molecule has 0 aromatic heterocycles. The lowest BCUT2D eigenvalue weighted by Gasteiger charge is -2.40. The van der Waals surface area contributed by atoms with Gasteiger partial charge in [0.1, 0.15) is 0 Å². The minimum atomic E-state index is 0.798. The molecule has 2 saturated heterocycles. The summed E-state index contributed by atoms with van der Waals surface area (Å²) in [5.74, 6) is 3.38. The number of hydrogen-bond donors (Lipinski definition) is 1. The first-order chi connectivity index (χ1) is 6.79. The normalized spacial score (nSPS) is 45.0. The van der Waals surface area contributed by atoms with Crippen molar-refractivity contribution in [2.45, 2.75) is 26.7 Å². The summed E-state index contributed by atoms with van der Waals surface area (Å²) in [6, 6.07) is 0. The third-order valence-corrected chi connectivity index (χ3v) is 4.20. The molecular weight excluding hydrogens is 174 g/mol. The molecule has 2 rings (SSSR count). The fraction of sp³-hybridized carbons (Fsp3) is 1.00. The van der Waals surface area contributed by atoms with Gasteiger partial charge in [-0.15, -0.1) is 0 Å². The predicted molar refractivity (Wildman–Crippen MR) is 58.2 cm³/mol. The molecule has 0 aromatic carbocycles. The molecule has 82 valence electrons. The second kappa shape index (κ2) is 4.63. The molecule has 2 fully saturated rings. The van der Waals surface area contributed by atoms with E-state index in [9.17, 15) is 0 Å². The van der Waals surface area contributed by atoms with Crippen molar-refractivity contribution in [2.75, 3.05) is 26.3 Å². The van der Waals surface area contributed by atoms with Gasteiger partial charge >= 0.3 is 0 Å². The highest BCUT2D eigenvalue weighted by atomic mass is 16.5. The Morgan fingerprint density at radius 1 is 1.07 bits per heavy atom. The molecule has 0 aromatic rings. The van der Waals surface area contributed by atoms with Gasteiger partial charge in [0.15, 0.2) is 0 Å². The van der Waals surface area contributed by atoms with Crippen LogP contribution in [0.4, 0.5) is 0 Å². The van der Waals surface area contributed by atoms with Crippen LogP contribution in [-0.4, -0.2) is 26.3 Å². The van der Waals surface area contributed by atoms with Crippen molar-refractivity contribution < 1.29 is 4.74 Å². The molecule has 2 heterocycles. The van der Waals surface area contributed by atoms with Crippen molar-refractivity contribution in [1.29, 1.82) is 0 Å². The van der Waals surface area contributed by atoms with Crippen LogP contribution in [0.2, 0.25) is 0 Å². The summed E-state index contributed by atoms with van der Waals surface area (Å²) in [4.78, 5) is 0. The SMILES string of the molecule is C[C@@H]1CCOCC1C1CNCC[C@@H]1C. The standard InChI is InChI=1S/C12H23NO/c1-9-3-5-13-7-11(9)12-8-14-6-4-10(12)2/h9-13H,3-8H2,1-2H3/t9-,10+,11?,12?/m0/s1. The van der Waals surface area contributed by atoms with E-state index in [0.717, 1.165) is 36.9 Å². The Hall–Kier alpha value is -0.0800. The molecule has 14 heavy (non-hydrogen) atoms. The minimum Gasteiger partial charge on any atom is -0.381 e. The topological polar surface area (TPSA) is 21.3 Å². The van der Waals surface area contributed by atoms with Gasteiger partial charge in [-0.25, -0.2) is 0 Å². The van der Waals surface area contributed by atoms with Gasteiger partial charge in [-0.1, -0.05) is 13.8 Å². The summed E-state index contributed by atoms with van der Waals surface area (Å²) in [6.45, 7) is 9.20. The molecule has 0 saturated carbocycles. The zero-order valence-corrected chi connectivity index (χ0v) is 9.46. The van der Waals surface area contributed by atoms with E-state index in [4.69, 9.17) is 4.74 Å². The first-order valence-corrected chi connectivity index (χ1v) is 6.07. The Bertz CT molecular complexity index is 163. The van der Waals surface area contributed by atoms with Crippen molar-refractivity contribution in [3.63, 3.8) is 0 Å². The van der Waals surface area contributed by atoms with Crippen LogP contribution in [0.1, 0.15) is 26.7 Å². The van der Waals surface area contributed by atoms with Crippen LogP contribution in [-0.2, 0) is 4.74 Å². The van der Waals surface area contributed by atoms with E-state index in [2.05, 4.69) is 19.2 Å². The lowest BCUT2D eigenvalue weighted by molar-refractivity contribution is -0.0196. The molecular formula is C12H23NO. The van der Waals surface area contributed by atoms with Gasteiger partial charge in [0.2, 0.25) is 0 Å². The van der Waals surface area contributed by atoms with E-state index in [1.807, 2.05) is 0 Å². The maximum atomic E-state index is 5.63. The highest BCUT2D eigenvalue weighted by Crippen LogP contribution is 2.34. The van der Waals surface area contributed by atoms with Crippen LogP contribution >= 0.6 is 0 Å². The molecule has 2 aliphatic heterocycles. The average Bonchev–Trinajstić information content (AvgIpc) is 2.20. The number of ether oxygens (including phenoxy) is 1. The smallest absolute Gasteiger partial charge is 0.0500 e. The fourth-order valence-electron chi connectivity index (χ4n) is 3.00. The molecule has 0 aliphatic carbocycles. The maximum absolute atomic E-state index is 5.63. The lowest BCUT2D eigenvalue weighted by Crippen LogP contribution is -2.44. The van der Waals surface area contributed by atoms with E-state index in [1.54, 1.807) is 0 Å². The van der Waals surface area contributed by atoms with Crippen molar-refractivity contribution >= 4 is 0 Å². The Morgan fingerprint density at radius 3 is 2.57 bits per heavy atom. The van der Waals surface area contributed by atoms with E-state index < -0.39 is 0 Å². The van der Waals surface area contributed by atoms with E-state index >= 15 is 0 Å². The summed E-state index contributed by atoms with van der Waals surface area (Å²) in [5, 5.41) is 3.53. The third kappa shape index (κ3) is 2.12. The highest BCUT2D eigenvalue weighted by Gasteiger charge is 2.34. The van der Waals surface area contributed by atoms with Gasteiger partial charge in [-0.3, -0.25) is 0 Å². The van der Waals surface area contributed by atoms with Crippen molar-refractivity contribution in [1.82, 2.24) is 5.32 Å². The van der Waals surface area contributed by atoms with Crippen molar-refractivity contribution in [3.8, 4) is 0 Å². The molecule has 1 N–H and O–H groups in total. The third-order valence-electron chi connectivity index (χ3n) is 4.20. The summed E-state index contributed by atoms with van der Waals surface area (Å²) in [6.07, 6.45) is 2.60. The monoisotopic (exact) mass is 197 g/mol. The highest BCUT2D eigenvalue weighted by molar-refractivity contribution is 4.85. The Balaban J connectivity index is 1.96. The first-order valence-electron chi connectivity index (χ1n) is 6.07. The van der Waals surface area contributed by atoms with Gasteiger partial charge in [0, 0.05) is 13.2 Å². The molecule has 0 spiro atoms. The van der Waals surface area contributed by atoms with Crippen molar-refractivity contribution in [2.24, 2.45) is 23.7 Å². The van der Waals surface area contributed by atoms with Crippen LogP contribution < -0.4 is 5.32 Å². The number of rotatable bonds is 1. The van der Waals surface area contributed by atoms with Crippen molar-refractivity contribution in [3.05, 3.63) is 0 Å².